The van der Waals surface area contributed by atoms with Gasteiger partial charge < -0.3 is 15.3 Å². The Morgan fingerprint density at radius 1 is 1.26 bits per heavy atom. The molecule has 1 saturated heterocycles. The fourth-order valence-corrected chi connectivity index (χ4v) is 2.81. The first kappa shape index (κ1) is 20.0. The molecular weight excluding hydrogens is 363 g/mol. The molecule has 0 atom stereocenters. The number of hydrogen-bond donors (Lipinski definition) is 2. The number of hydrogen-bond acceptors (Lipinski definition) is 3. The van der Waals surface area contributed by atoms with Crippen LogP contribution in [0.2, 0.25) is 10.0 Å². The van der Waals surface area contributed by atoms with Crippen molar-refractivity contribution in [3.05, 3.63) is 28.2 Å². The summed E-state index contributed by atoms with van der Waals surface area (Å²) in [5, 5.41) is 12.6. The SMILES string of the molecule is Cl.O=C(CCN1CCC(C(=O)O)CC1)Nc1cc(Cl)ccc1Cl. The molecule has 0 radical (unpaired) electrons. The van der Waals surface area contributed by atoms with Crippen LogP contribution < -0.4 is 5.32 Å². The predicted octanol–water partition coefficient (Wildman–Crippen LogP) is 3.54. The highest BCUT2D eigenvalue weighted by Gasteiger charge is 2.24. The number of carboxylic acids is 1. The fourth-order valence-electron chi connectivity index (χ4n) is 2.47. The first-order valence-electron chi connectivity index (χ1n) is 7.16. The van der Waals surface area contributed by atoms with Gasteiger partial charge in [0.1, 0.15) is 0 Å². The van der Waals surface area contributed by atoms with Gasteiger partial charge in [0.15, 0.2) is 0 Å². The minimum Gasteiger partial charge on any atom is -0.481 e. The number of anilines is 1. The van der Waals surface area contributed by atoms with Gasteiger partial charge in [-0.3, -0.25) is 9.59 Å². The molecule has 1 aliphatic heterocycles. The third kappa shape index (κ3) is 6.18. The molecular formula is C15H19Cl3N2O3. The monoisotopic (exact) mass is 380 g/mol. The van der Waals surface area contributed by atoms with Crippen molar-refractivity contribution in [3.63, 3.8) is 0 Å². The maximum Gasteiger partial charge on any atom is 0.306 e. The molecule has 0 aliphatic carbocycles. The number of halogens is 3. The summed E-state index contributed by atoms with van der Waals surface area (Å²) in [4.78, 5) is 25.0. The standard InChI is InChI=1S/C15H18Cl2N2O3.ClH/c16-11-1-2-12(17)13(9-11)18-14(20)5-8-19-6-3-10(4-7-19)15(21)22;/h1-2,9-10H,3-8H2,(H,18,20)(H,21,22);1H. The van der Waals surface area contributed by atoms with E-state index >= 15 is 0 Å². The van der Waals surface area contributed by atoms with Gasteiger partial charge in [0.05, 0.1) is 16.6 Å². The summed E-state index contributed by atoms with van der Waals surface area (Å²) in [5.74, 6) is -1.12. The van der Waals surface area contributed by atoms with Crippen LogP contribution in [0.1, 0.15) is 19.3 Å². The molecule has 128 valence electrons. The fraction of sp³-hybridized carbons (Fsp3) is 0.467. The lowest BCUT2D eigenvalue weighted by Gasteiger charge is -2.29. The van der Waals surface area contributed by atoms with Crippen LogP contribution in [-0.4, -0.2) is 41.5 Å². The molecule has 1 fully saturated rings. The first-order chi connectivity index (χ1) is 10.5. The quantitative estimate of drug-likeness (QED) is 0.818. The molecule has 0 spiro atoms. The van der Waals surface area contributed by atoms with Gasteiger partial charge in [0, 0.05) is 18.0 Å². The molecule has 23 heavy (non-hydrogen) atoms. The van der Waals surface area contributed by atoms with Crippen LogP contribution in [0.3, 0.4) is 0 Å². The van der Waals surface area contributed by atoms with Crippen molar-refractivity contribution in [1.82, 2.24) is 4.90 Å². The summed E-state index contributed by atoms with van der Waals surface area (Å²) >= 11 is 11.9. The molecule has 1 aliphatic rings. The summed E-state index contributed by atoms with van der Waals surface area (Å²) < 4.78 is 0. The normalized spacial score (nSPS) is 15.7. The van der Waals surface area contributed by atoms with Crippen molar-refractivity contribution in [2.45, 2.75) is 19.3 Å². The molecule has 1 aromatic rings. The Morgan fingerprint density at radius 3 is 2.52 bits per heavy atom. The second kappa shape index (κ2) is 9.33. The topological polar surface area (TPSA) is 69.6 Å². The van der Waals surface area contributed by atoms with Gasteiger partial charge in [-0.05, 0) is 44.1 Å². The zero-order valence-electron chi connectivity index (χ0n) is 12.4. The second-order valence-corrected chi connectivity index (χ2v) is 6.22. The molecule has 2 N–H and O–H groups in total. The minimum atomic E-state index is -0.729. The summed E-state index contributed by atoms with van der Waals surface area (Å²) in [6.07, 6.45) is 1.61. The van der Waals surface area contributed by atoms with Crippen molar-refractivity contribution in [2.75, 3.05) is 25.0 Å². The van der Waals surface area contributed by atoms with Gasteiger partial charge in [-0.2, -0.15) is 0 Å². The van der Waals surface area contributed by atoms with E-state index in [-0.39, 0.29) is 24.2 Å². The van der Waals surface area contributed by atoms with Crippen LogP contribution in [0.5, 0.6) is 0 Å². The summed E-state index contributed by atoms with van der Waals surface area (Å²) in [6.45, 7) is 2.03. The molecule has 1 aromatic carbocycles. The van der Waals surface area contributed by atoms with Crippen LogP contribution in [0.25, 0.3) is 0 Å². The lowest BCUT2D eigenvalue weighted by molar-refractivity contribution is -0.143. The Hall–Kier alpha value is -1.01. The van der Waals surface area contributed by atoms with Crippen LogP contribution in [-0.2, 0) is 9.59 Å². The number of benzene rings is 1. The van der Waals surface area contributed by atoms with E-state index in [1.54, 1.807) is 18.2 Å². The zero-order chi connectivity index (χ0) is 16.1. The number of rotatable bonds is 5. The van der Waals surface area contributed by atoms with Crippen LogP contribution in [0.4, 0.5) is 5.69 Å². The van der Waals surface area contributed by atoms with Gasteiger partial charge in [-0.15, -0.1) is 12.4 Å². The molecule has 0 aromatic heterocycles. The van der Waals surface area contributed by atoms with E-state index in [0.29, 0.717) is 54.6 Å². The summed E-state index contributed by atoms with van der Waals surface area (Å²) in [6, 6.07) is 4.91. The third-order valence-electron chi connectivity index (χ3n) is 3.79. The Balaban J connectivity index is 0.00000264. The van der Waals surface area contributed by atoms with E-state index < -0.39 is 5.97 Å². The number of carbonyl (C=O) groups is 2. The van der Waals surface area contributed by atoms with Gasteiger partial charge in [0.25, 0.3) is 0 Å². The van der Waals surface area contributed by atoms with E-state index in [2.05, 4.69) is 10.2 Å². The largest absolute Gasteiger partial charge is 0.481 e. The number of amides is 1. The molecule has 8 heteroatoms. The number of carboxylic acid groups (broad SMARTS) is 1. The Bertz CT molecular complexity index is 561. The summed E-state index contributed by atoms with van der Waals surface area (Å²) in [7, 11) is 0. The molecule has 2 rings (SSSR count). The molecule has 0 bridgehead atoms. The second-order valence-electron chi connectivity index (χ2n) is 5.38. The summed E-state index contributed by atoms with van der Waals surface area (Å²) in [5.41, 5.74) is 0.503. The molecule has 5 nitrogen and oxygen atoms in total. The number of piperidine rings is 1. The smallest absolute Gasteiger partial charge is 0.306 e. The molecule has 1 amide bonds. The average molecular weight is 382 g/mol. The number of nitrogens with one attached hydrogen (secondary N) is 1. The van der Waals surface area contributed by atoms with Gasteiger partial charge in [0.2, 0.25) is 5.91 Å². The highest BCUT2D eigenvalue weighted by atomic mass is 35.5. The first-order valence-corrected chi connectivity index (χ1v) is 7.91. The van der Waals surface area contributed by atoms with E-state index in [4.69, 9.17) is 28.3 Å². The molecule has 1 heterocycles. The van der Waals surface area contributed by atoms with Crippen molar-refractivity contribution in [1.29, 1.82) is 0 Å². The van der Waals surface area contributed by atoms with Crippen molar-refractivity contribution in [2.24, 2.45) is 5.92 Å². The van der Waals surface area contributed by atoms with Gasteiger partial charge in [-0.25, -0.2) is 0 Å². The molecule has 0 saturated carbocycles. The number of nitrogens with zero attached hydrogens (tertiary/aromatic N) is 1. The minimum absolute atomic E-state index is 0. The number of aliphatic carboxylic acids is 1. The van der Waals surface area contributed by atoms with Crippen LogP contribution in [0, 0.1) is 5.92 Å². The zero-order valence-corrected chi connectivity index (χ0v) is 14.8. The predicted molar refractivity (Wildman–Crippen MR) is 93.8 cm³/mol. The van der Waals surface area contributed by atoms with E-state index in [1.165, 1.54) is 0 Å². The van der Waals surface area contributed by atoms with Crippen LogP contribution in [0.15, 0.2) is 18.2 Å². The van der Waals surface area contributed by atoms with E-state index in [0.717, 1.165) is 0 Å². The number of carbonyl (C=O) groups excluding carboxylic acids is 1. The lowest BCUT2D eigenvalue weighted by atomic mass is 9.97. The maximum atomic E-state index is 12.0. The average Bonchev–Trinajstić information content (AvgIpc) is 2.49. The van der Waals surface area contributed by atoms with Crippen LogP contribution >= 0.6 is 35.6 Å². The highest BCUT2D eigenvalue weighted by Crippen LogP contribution is 2.25. The lowest BCUT2D eigenvalue weighted by Crippen LogP contribution is -2.37. The number of likely N-dealkylation sites (tertiary alicyclic amines) is 1. The van der Waals surface area contributed by atoms with Crippen molar-refractivity contribution < 1.29 is 14.7 Å². The maximum absolute atomic E-state index is 12.0. The van der Waals surface area contributed by atoms with Crippen molar-refractivity contribution >= 4 is 53.2 Å². The van der Waals surface area contributed by atoms with Gasteiger partial charge >= 0.3 is 5.97 Å². The van der Waals surface area contributed by atoms with E-state index in [1.807, 2.05) is 0 Å². The van der Waals surface area contributed by atoms with Gasteiger partial charge in [-0.1, -0.05) is 23.2 Å². The third-order valence-corrected chi connectivity index (χ3v) is 4.36. The Kier molecular flexibility index (Phi) is 8.12. The Labute approximate surface area is 151 Å². The highest BCUT2D eigenvalue weighted by molar-refractivity contribution is 6.35. The van der Waals surface area contributed by atoms with Crippen molar-refractivity contribution in [3.8, 4) is 0 Å². The molecule has 0 unspecified atom stereocenters. The Morgan fingerprint density at radius 2 is 1.91 bits per heavy atom. The van der Waals surface area contributed by atoms with E-state index in [9.17, 15) is 9.59 Å².